The Balaban J connectivity index is 2.88. The molecule has 0 aliphatic rings. The van der Waals surface area contributed by atoms with Crippen molar-refractivity contribution < 1.29 is 0 Å². The van der Waals surface area contributed by atoms with E-state index >= 15 is 0 Å². The molecule has 0 aromatic carbocycles. The molecule has 0 bridgehead atoms. The Kier molecular flexibility index (Phi) is 1.28. The fraction of sp³-hybridized carbons (Fsp3) is 0. The number of rotatable bonds is 0. The average molecular weight is 172 g/mol. The highest BCUT2D eigenvalue weighted by molar-refractivity contribution is 7.21. The zero-order valence-electron chi connectivity index (χ0n) is 4.78. The Labute approximate surface area is 65.7 Å². The zero-order valence-corrected chi connectivity index (χ0v) is 6.35. The minimum atomic E-state index is 0.510. The van der Waals surface area contributed by atoms with E-state index in [1.165, 1.54) is 11.3 Å². The van der Waals surface area contributed by atoms with Crippen LogP contribution in [0.4, 0.5) is 0 Å². The second kappa shape index (κ2) is 2.14. The second-order valence-corrected chi connectivity index (χ2v) is 3.25. The fourth-order valence-electron chi connectivity index (χ4n) is 0.667. The van der Waals surface area contributed by atoms with Crippen LogP contribution in [-0.4, -0.2) is 15.2 Å². The van der Waals surface area contributed by atoms with Gasteiger partial charge in [-0.1, -0.05) is 22.9 Å². The molecule has 0 saturated carbocycles. The molecule has 0 radical (unpaired) electrons. The van der Waals surface area contributed by atoms with Crippen molar-refractivity contribution in [3.63, 3.8) is 0 Å². The first-order valence-electron chi connectivity index (χ1n) is 2.60. The van der Waals surface area contributed by atoms with Gasteiger partial charge in [0.05, 0.1) is 6.20 Å². The monoisotopic (exact) mass is 171 g/mol. The molecule has 0 saturated heterocycles. The summed E-state index contributed by atoms with van der Waals surface area (Å²) in [6.07, 6.45) is 1.60. The van der Waals surface area contributed by atoms with Crippen molar-refractivity contribution in [2.45, 2.75) is 0 Å². The SMILES string of the molecule is Clc1nc2ccnnc2s1. The molecule has 5 heteroatoms. The van der Waals surface area contributed by atoms with Crippen LogP contribution < -0.4 is 0 Å². The van der Waals surface area contributed by atoms with Gasteiger partial charge in [0, 0.05) is 0 Å². The van der Waals surface area contributed by atoms with Crippen LogP contribution in [0.15, 0.2) is 12.3 Å². The molecular weight excluding hydrogens is 170 g/mol. The van der Waals surface area contributed by atoms with Gasteiger partial charge in [0.15, 0.2) is 9.30 Å². The van der Waals surface area contributed by atoms with Crippen molar-refractivity contribution in [2.75, 3.05) is 0 Å². The van der Waals surface area contributed by atoms with Crippen molar-refractivity contribution in [3.8, 4) is 0 Å². The number of halogens is 1. The number of fused-ring (bicyclic) bond motifs is 1. The van der Waals surface area contributed by atoms with Gasteiger partial charge in [-0.2, -0.15) is 5.10 Å². The lowest BCUT2D eigenvalue weighted by molar-refractivity contribution is 1.08. The lowest BCUT2D eigenvalue weighted by atomic mass is 10.5. The van der Waals surface area contributed by atoms with E-state index in [0.29, 0.717) is 4.47 Å². The molecular formula is C5H2ClN3S. The molecule has 0 N–H and O–H groups in total. The number of thiazole rings is 1. The van der Waals surface area contributed by atoms with Crippen molar-refractivity contribution in [3.05, 3.63) is 16.7 Å². The van der Waals surface area contributed by atoms with Gasteiger partial charge in [-0.3, -0.25) is 0 Å². The van der Waals surface area contributed by atoms with E-state index in [4.69, 9.17) is 11.6 Å². The van der Waals surface area contributed by atoms with E-state index in [1.807, 2.05) is 0 Å². The van der Waals surface area contributed by atoms with Gasteiger partial charge in [0.2, 0.25) is 0 Å². The highest BCUT2D eigenvalue weighted by Crippen LogP contribution is 2.21. The Bertz CT molecular complexity index is 325. The van der Waals surface area contributed by atoms with E-state index in [9.17, 15) is 0 Å². The average Bonchev–Trinajstić information content (AvgIpc) is 2.27. The van der Waals surface area contributed by atoms with E-state index in [2.05, 4.69) is 15.2 Å². The van der Waals surface area contributed by atoms with Crippen LogP contribution in [-0.2, 0) is 0 Å². The topological polar surface area (TPSA) is 38.7 Å². The molecule has 2 rings (SSSR count). The summed E-state index contributed by atoms with van der Waals surface area (Å²) in [6, 6.07) is 1.78. The van der Waals surface area contributed by atoms with Crippen LogP contribution in [0, 0.1) is 0 Å². The van der Waals surface area contributed by atoms with Crippen LogP contribution in [0.25, 0.3) is 10.3 Å². The molecule has 0 aliphatic carbocycles. The maximum Gasteiger partial charge on any atom is 0.186 e. The highest BCUT2D eigenvalue weighted by Gasteiger charge is 1.99. The summed E-state index contributed by atoms with van der Waals surface area (Å²) >= 11 is 6.96. The standard InChI is InChI=1S/C5H2ClN3S/c6-5-8-3-1-2-7-9-4(3)10-5/h1-2H. The zero-order chi connectivity index (χ0) is 6.97. The first-order chi connectivity index (χ1) is 4.86. The molecule has 0 amide bonds. The molecule has 0 spiro atoms. The summed E-state index contributed by atoms with van der Waals surface area (Å²) in [5.41, 5.74) is 0.810. The Morgan fingerprint density at radius 1 is 1.50 bits per heavy atom. The van der Waals surface area contributed by atoms with E-state index < -0.39 is 0 Å². The fourth-order valence-corrected chi connectivity index (χ4v) is 1.59. The quantitative estimate of drug-likeness (QED) is 0.606. The third kappa shape index (κ3) is 0.853. The van der Waals surface area contributed by atoms with E-state index in [0.717, 1.165) is 10.3 Å². The predicted octanol–water partition coefficient (Wildman–Crippen LogP) is 1.74. The Hall–Kier alpha value is -0.740. The van der Waals surface area contributed by atoms with Crippen molar-refractivity contribution >= 4 is 33.3 Å². The van der Waals surface area contributed by atoms with Gasteiger partial charge in [-0.05, 0) is 6.07 Å². The Morgan fingerprint density at radius 2 is 2.40 bits per heavy atom. The molecule has 3 nitrogen and oxygen atoms in total. The van der Waals surface area contributed by atoms with E-state index in [1.54, 1.807) is 12.3 Å². The number of hydrogen-bond acceptors (Lipinski definition) is 4. The van der Waals surface area contributed by atoms with Crippen molar-refractivity contribution in [2.24, 2.45) is 0 Å². The molecule has 2 heterocycles. The summed E-state index contributed by atoms with van der Waals surface area (Å²) in [7, 11) is 0. The van der Waals surface area contributed by atoms with Gasteiger partial charge < -0.3 is 0 Å². The number of nitrogens with zero attached hydrogens (tertiary/aromatic N) is 3. The van der Waals surface area contributed by atoms with Crippen LogP contribution in [0.3, 0.4) is 0 Å². The van der Waals surface area contributed by atoms with Crippen molar-refractivity contribution in [1.29, 1.82) is 0 Å². The molecule has 50 valence electrons. The largest absolute Gasteiger partial charge is 0.223 e. The normalized spacial score (nSPS) is 10.5. The molecule has 10 heavy (non-hydrogen) atoms. The van der Waals surface area contributed by atoms with Crippen LogP contribution >= 0.6 is 22.9 Å². The van der Waals surface area contributed by atoms with Crippen LogP contribution in [0.1, 0.15) is 0 Å². The molecule has 0 unspecified atom stereocenters. The first-order valence-corrected chi connectivity index (χ1v) is 3.79. The highest BCUT2D eigenvalue weighted by atomic mass is 35.5. The lowest BCUT2D eigenvalue weighted by Gasteiger charge is -1.78. The second-order valence-electron chi connectivity index (χ2n) is 1.69. The summed E-state index contributed by atoms with van der Waals surface area (Å²) in [5, 5.41) is 7.51. The van der Waals surface area contributed by atoms with Gasteiger partial charge in [0.1, 0.15) is 5.52 Å². The number of aromatic nitrogens is 3. The molecule has 0 fully saturated rings. The third-order valence-corrected chi connectivity index (χ3v) is 2.12. The van der Waals surface area contributed by atoms with Gasteiger partial charge in [0.25, 0.3) is 0 Å². The summed E-state index contributed by atoms with van der Waals surface area (Å²) < 4.78 is 0.510. The third-order valence-electron chi connectivity index (χ3n) is 1.06. The molecule has 2 aromatic heterocycles. The minimum Gasteiger partial charge on any atom is -0.223 e. The van der Waals surface area contributed by atoms with Gasteiger partial charge in [-0.15, -0.1) is 5.10 Å². The first kappa shape index (κ1) is 6.00. The Morgan fingerprint density at radius 3 is 3.20 bits per heavy atom. The molecule has 0 atom stereocenters. The molecule has 2 aromatic rings. The smallest absolute Gasteiger partial charge is 0.186 e. The van der Waals surface area contributed by atoms with Gasteiger partial charge >= 0.3 is 0 Å². The van der Waals surface area contributed by atoms with Crippen LogP contribution in [0.5, 0.6) is 0 Å². The summed E-state index contributed by atoms with van der Waals surface area (Å²) in [4.78, 5) is 4.78. The van der Waals surface area contributed by atoms with Gasteiger partial charge in [-0.25, -0.2) is 4.98 Å². The molecule has 0 aliphatic heterocycles. The summed E-state index contributed by atoms with van der Waals surface area (Å²) in [6.45, 7) is 0. The maximum absolute atomic E-state index is 5.62. The predicted molar refractivity (Wildman–Crippen MR) is 40.2 cm³/mol. The maximum atomic E-state index is 5.62. The number of hydrogen-bond donors (Lipinski definition) is 0. The minimum absolute atomic E-state index is 0.510. The van der Waals surface area contributed by atoms with Crippen molar-refractivity contribution in [1.82, 2.24) is 15.2 Å². The summed E-state index contributed by atoms with van der Waals surface area (Å²) in [5.74, 6) is 0. The van der Waals surface area contributed by atoms with Crippen LogP contribution in [0.2, 0.25) is 4.47 Å². The van der Waals surface area contributed by atoms with E-state index in [-0.39, 0.29) is 0 Å². The lowest BCUT2D eigenvalue weighted by Crippen LogP contribution is -1.75.